The highest BCUT2D eigenvalue weighted by Gasteiger charge is 2.36. The molecule has 0 radical (unpaired) electrons. The zero-order valence-electron chi connectivity index (χ0n) is 10.0. The van der Waals surface area contributed by atoms with Crippen LogP contribution in [0.2, 0.25) is 0 Å². The summed E-state index contributed by atoms with van der Waals surface area (Å²) in [6.45, 7) is 0. The number of furan rings is 1. The molecule has 0 aromatic carbocycles. The molecule has 1 heterocycles. The number of carbonyl (C=O) groups is 1. The van der Waals surface area contributed by atoms with Crippen molar-refractivity contribution >= 4 is 11.9 Å². The molecule has 0 aliphatic heterocycles. The van der Waals surface area contributed by atoms with Gasteiger partial charge in [-0.15, -0.1) is 0 Å². The number of hydrogen-bond acceptors (Lipinski definition) is 2. The molecule has 0 saturated heterocycles. The first kappa shape index (κ1) is 10.8. The van der Waals surface area contributed by atoms with Crippen molar-refractivity contribution in [3.8, 4) is 0 Å². The largest absolute Gasteiger partial charge is 0.465 e. The van der Waals surface area contributed by atoms with Crippen LogP contribution in [0.1, 0.15) is 44.3 Å². The molecule has 0 N–H and O–H groups in total. The minimum absolute atomic E-state index is 0.304. The second kappa shape index (κ2) is 4.52. The summed E-state index contributed by atoms with van der Waals surface area (Å²) in [5.41, 5.74) is 0.969. The summed E-state index contributed by atoms with van der Waals surface area (Å²) in [7, 11) is 0. The van der Waals surface area contributed by atoms with Crippen molar-refractivity contribution in [2.24, 2.45) is 11.8 Å². The maximum Gasteiger partial charge on any atom is 0.162 e. The molecule has 2 aliphatic rings. The summed E-state index contributed by atoms with van der Waals surface area (Å²) >= 11 is 0. The molecular weight excluding hydrogens is 212 g/mol. The fourth-order valence-corrected chi connectivity index (χ4v) is 3.30. The lowest BCUT2D eigenvalue weighted by atomic mass is 9.88. The van der Waals surface area contributed by atoms with Gasteiger partial charge in [-0.05, 0) is 55.4 Å². The van der Waals surface area contributed by atoms with E-state index in [1.54, 1.807) is 6.26 Å². The zero-order chi connectivity index (χ0) is 11.7. The Balaban J connectivity index is 1.75. The predicted octanol–water partition coefficient (Wildman–Crippen LogP) is 3.83. The highest BCUT2D eigenvalue weighted by atomic mass is 16.3. The normalized spacial score (nSPS) is 28.4. The van der Waals surface area contributed by atoms with Gasteiger partial charge in [-0.1, -0.05) is 12.8 Å². The van der Waals surface area contributed by atoms with Gasteiger partial charge in [0.2, 0.25) is 0 Å². The van der Waals surface area contributed by atoms with Crippen LogP contribution in [0.4, 0.5) is 0 Å². The van der Waals surface area contributed by atoms with Crippen molar-refractivity contribution in [1.82, 2.24) is 0 Å². The van der Waals surface area contributed by atoms with Crippen LogP contribution in [0.15, 0.2) is 28.4 Å². The van der Waals surface area contributed by atoms with E-state index in [0.29, 0.717) is 17.6 Å². The molecule has 1 unspecified atom stereocenters. The van der Waals surface area contributed by atoms with Crippen molar-refractivity contribution in [2.75, 3.05) is 0 Å². The van der Waals surface area contributed by atoms with Crippen LogP contribution in [0.25, 0.3) is 6.08 Å². The Hall–Kier alpha value is -1.31. The average molecular weight is 230 g/mol. The summed E-state index contributed by atoms with van der Waals surface area (Å²) in [5.74, 6) is 2.15. The molecule has 2 aliphatic carbocycles. The first-order valence-electron chi connectivity index (χ1n) is 6.63. The molecule has 2 saturated carbocycles. The Morgan fingerprint density at radius 1 is 1.24 bits per heavy atom. The number of Topliss-reactive ketones (excluding diaryl/α,β-unsaturated/α-hetero) is 1. The number of hydrogen-bond donors (Lipinski definition) is 0. The van der Waals surface area contributed by atoms with E-state index < -0.39 is 0 Å². The molecule has 0 amide bonds. The standard InChI is InChI=1S/C15H18O2/c16-15-12(10-13-6-3-9-17-13)7-8-14(15)11-4-1-2-5-11/h3,6,9-11,14H,1-2,4-5,7-8H2. The maximum absolute atomic E-state index is 12.3. The molecule has 2 heteroatoms. The van der Waals surface area contributed by atoms with Crippen LogP contribution in [0.3, 0.4) is 0 Å². The Labute approximate surface area is 102 Å². The van der Waals surface area contributed by atoms with Gasteiger partial charge in [0.15, 0.2) is 5.78 Å². The Bertz CT molecular complexity index is 422. The molecule has 17 heavy (non-hydrogen) atoms. The van der Waals surface area contributed by atoms with E-state index in [9.17, 15) is 4.79 Å². The van der Waals surface area contributed by atoms with Crippen molar-refractivity contribution < 1.29 is 9.21 Å². The van der Waals surface area contributed by atoms with Gasteiger partial charge in [-0.2, -0.15) is 0 Å². The van der Waals surface area contributed by atoms with Gasteiger partial charge in [0.05, 0.1) is 6.26 Å². The number of allylic oxidation sites excluding steroid dienone is 1. The Morgan fingerprint density at radius 3 is 2.76 bits per heavy atom. The minimum Gasteiger partial charge on any atom is -0.465 e. The number of carbonyl (C=O) groups excluding carboxylic acids is 1. The Kier molecular flexibility index (Phi) is 2.87. The van der Waals surface area contributed by atoms with Crippen molar-refractivity contribution in [3.05, 3.63) is 29.7 Å². The van der Waals surface area contributed by atoms with Gasteiger partial charge in [0.1, 0.15) is 5.76 Å². The second-order valence-electron chi connectivity index (χ2n) is 5.24. The summed E-state index contributed by atoms with van der Waals surface area (Å²) in [6, 6.07) is 3.77. The lowest BCUT2D eigenvalue weighted by Crippen LogP contribution is -2.16. The third-order valence-corrected chi connectivity index (χ3v) is 4.21. The highest BCUT2D eigenvalue weighted by Crippen LogP contribution is 2.40. The summed E-state index contributed by atoms with van der Waals surface area (Å²) in [6.07, 6.45) is 10.7. The van der Waals surface area contributed by atoms with Crippen molar-refractivity contribution in [1.29, 1.82) is 0 Å². The van der Waals surface area contributed by atoms with E-state index in [0.717, 1.165) is 24.2 Å². The molecule has 0 spiro atoms. The smallest absolute Gasteiger partial charge is 0.162 e. The second-order valence-corrected chi connectivity index (χ2v) is 5.24. The molecule has 3 rings (SSSR count). The van der Waals surface area contributed by atoms with Gasteiger partial charge in [-0.25, -0.2) is 0 Å². The van der Waals surface area contributed by atoms with E-state index in [4.69, 9.17) is 4.42 Å². The quantitative estimate of drug-likeness (QED) is 0.723. The van der Waals surface area contributed by atoms with E-state index in [-0.39, 0.29) is 0 Å². The molecular formula is C15H18O2. The van der Waals surface area contributed by atoms with E-state index in [1.807, 2.05) is 18.2 Å². The van der Waals surface area contributed by atoms with E-state index >= 15 is 0 Å². The molecule has 2 fully saturated rings. The first-order valence-corrected chi connectivity index (χ1v) is 6.63. The molecule has 2 nitrogen and oxygen atoms in total. The molecule has 1 aromatic heterocycles. The van der Waals surface area contributed by atoms with Gasteiger partial charge in [0, 0.05) is 5.92 Å². The van der Waals surface area contributed by atoms with Gasteiger partial charge in [0.25, 0.3) is 0 Å². The molecule has 90 valence electrons. The first-order chi connectivity index (χ1) is 8.34. The van der Waals surface area contributed by atoms with Crippen LogP contribution in [-0.2, 0) is 4.79 Å². The third-order valence-electron chi connectivity index (χ3n) is 4.21. The highest BCUT2D eigenvalue weighted by molar-refractivity contribution is 6.03. The fraction of sp³-hybridized carbons (Fsp3) is 0.533. The van der Waals surface area contributed by atoms with Crippen LogP contribution in [0, 0.1) is 11.8 Å². The predicted molar refractivity (Wildman–Crippen MR) is 66.4 cm³/mol. The van der Waals surface area contributed by atoms with Crippen molar-refractivity contribution in [3.63, 3.8) is 0 Å². The van der Waals surface area contributed by atoms with E-state index in [2.05, 4.69) is 0 Å². The molecule has 1 aromatic rings. The number of rotatable bonds is 2. The SMILES string of the molecule is O=C1C(=Cc2ccco2)CCC1C1CCCC1. The third kappa shape index (κ3) is 2.08. The average Bonchev–Trinajstić information content (AvgIpc) is 3.03. The zero-order valence-corrected chi connectivity index (χ0v) is 10.0. The monoisotopic (exact) mass is 230 g/mol. The summed E-state index contributed by atoms with van der Waals surface area (Å²) < 4.78 is 5.28. The van der Waals surface area contributed by atoms with Gasteiger partial charge >= 0.3 is 0 Å². The maximum atomic E-state index is 12.3. The minimum atomic E-state index is 0.304. The van der Waals surface area contributed by atoms with E-state index in [1.165, 1.54) is 25.7 Å². The fourth-order valence-electron chi connectivity index (χ4n) is 3.30. The van der Waals surface area contributed by atoms with Crippen LogP contribution >= 0.6 is 0 Å². The Morgan fingerprint density at radius 2 is 2.06 bits per heavy atom. The summed E-state index contributed by atoms with van der Waals surface area (Å²) in [5, 5.41) is 0. The summed E-state index contributed by atoms with van der Waals surface area (Å²) in [4.78, 5) is 12.3. The lowest BCUT2D eigenvalue weighted by molar-refractivity contribution is -0.119. The van der Waals surface area contributed by atoms with Gasteiger partial charge in [-0.3, -0.25) is 4.79 Å². The molecule has 0 bridgehead atoms. The number of ketones is 1. The lowest BCUT2D eigenvalue weighted by Gasteiger charge is -2.15. The van der Waals surface area contributed by atoms with Gasteiger partial charge < -0.3 is 4.42 Å². The van der Waals surface area contributed by atoms with Crippen LogP contribution < -0.4 is 0 Å². The van der Waals surface area contributed by atoms with Crippen LogP contribution in [0.5, 0.6) is 0 Å². The topological polar surface area (TPSA) is 30.2 Å². The van der Waals surface area contributed by atoms with Crippen molar-refractivity contribution in [2.45, 2.75) is 38.5 Å². The van der Waals surface area contributed by atoms with Crippen LogP contribution in [-0.4, -0.2) is 5.78 Å². The molecule has 1 atom stereocenters.